The molecular weight excluding hydrogens is 424 g/mol. The Balaban J connectivity index is 1.95. The van der Waals surface area contributed by atoms with E-state index in [1.54, 1.807) is 66.7 Å². The number of nitrogens with one attached hydrogen (secondary N) is 2. The van der Waals surface area contributed by atoms with Crippen LogP contribution in [0.5, 0.6) is 0 Å². The van der Waals surface area contributed by atoms with Gasteiger partial charge >= 0.3 is 0 Å². The van der Waals surface area contributed by atoms with Gasteiger partial charge in [-0.1, -0.05) is 60.2 Å². The molecule has 3 aromatic carbocycles. The SMILES string of the molecule is Cc1ccc(S(=O)(=O)C(N)(CCc2ccc(C(=N)N)cc2)C(=O)Nc2ccccc2)cc1. The first kappa shape index (κ1) is 23.2. The van der Waals surface area contributed by atoms with Crippen molar-refractivity contribution in [2.75, 3.05) is 5.32 Å². The molecule has 6 N–H and O–H groups in total. The lowest BCUT2D eigenvalue weighted by molar-refractivity contribution is -0.118. The molecule has 166 valence electrons. The average molecular weight is 451 g/mol. The van der Waals surface area contributed by atoms with E-state index < -0.39 is 20.6 Å². The van der Waals surface area contributed by atoms with Gasteiger partial charge < -0.3 is 16.8 Å². The molecule has 1 unspecified atom stereocenters. The number of amidine groups is 1. The molecule has 0 spiro atoms. The van der Waals surface area contributed by atoms with Crippen molar-refractivity contribution in [1.82, 2.24) is 0 Å². The van der Waals surface area contributed by atoms with E-state index in [2.05, 4.69) is 5.32 Å². The highest BCUT2D eigenvalue weighted by Gasteiger charge is 2.47. The predicted octanol–water partition coefficient (Wildman–Crippen LogP) is 2.98. The molecule has 0 heterocycles. The number of hydrogen-bond donors (Lipinski definition) is 4. The smallest absolute Gasteiger partial charge is 0.260 e. The summed E-state index contributed by atoms with van der Waals surface area (Å²) in [5.74, 6) is -0.862. The Morgan fingerprint density at radius 1 is 0.969 bits per heavy atom. The van der Waals surface area contributed by atoms with Crippen LogP contribution in [0.2, 0.25) is 0 Å². The number of sulfone groups is 1. The van der Waals surface area contributed by atoms with Crippen molar-refractivity contribution < 1.29 is 13.2 Å². The predicted molar refractivity (Wildman–Crippen MR) is 126 cm³/mol. The second-order valence-electron chi connectivity index (χ2n) is 7.64. The largest absolute Gasteiger partial charge is 0.384 e. The number of anilines is 1. The molecule has 0 radical (unpaired) electrons. The summed E-state index contributed by atoms with van der Waals surface area (Å²) < 4.78 is 27.1. The van der Waals surface area contributed by atoms with Crippen LogP contribution in [0.15, 0.2) is 83.8 Å². The minimum absolute atomic E-state index is 0.0132. The van der Waals surface area contributed by atoms with Gasteiger partial charge in [0.05, 0.1) is 4.90 Å². The Morgan fingerprint density at radius 3 is 2.12 bits per heavy atom. The maximum Gasteiger partial charge on any atom is 0.260 e. The number of aryl methyl sites for hydroxylation is 2. The van der Waals surface area contributed by atoms with E-state index in [1.807, 2.05) is 6.92 Å². The van der Waals surface area contributed by atoms with Gasteiger partial charge in [-0.2, -0.15) is 0 Å². The zero-order valence-corrected chi connectivity index (χ0v) is 18.5. The second kappa shape index (κ2) is 9.33. The van der Waals surface area contributed by atoms with Crippen LogP contribution in [0.1, 0.15) is 23.1 Å². The Morgan fingerprint density at radius 2 is 1.56 bits per heavy atom. The van der Waals surface area contributed by atoms with Gasteiger partial charge in [0.15, 0.2) is 0 Å². The van der Waals surface area contributed by atoms with Crippen molar-refractivity contribution in [3.8, 4) is 0 Å². The van der Waals surface area contributed by atoms with Gasteiger partial charge in [0.2, 0.25) is 14.7 Å². The van der Waals surface area contributed by atoms with Crippen LogP contribution in [0.4, 0.5) is 5.69 Å². The molecule has 1 atom stereocenters. The van der Waals surface area contributed by atoms with Gasteiger partial charge in [0.25, 0.3) is 5.91 Å². The first-order valence-corrected chi connectivity index (χ1v) is 11.5. The number of benzene rings is 3. The van der Waals surface area contributed by atoms with E-state index in [4.69, 9.17) is 16.9 Å². The number of amides is 1. The number of para-hydroxylation sites is 1. The van der Waals surface area contributed by atoms with Crippen LogP contribution in [0.25, 0.3) is 0 Å². The minimum Gasteiger partial charge on any atom is -0.384 e. The molecule has 0 saturated carbocycles. The van der Waals surface area contributed by atoms with Gasteiger partial charge in [0, 0.05) is 11.3 Å². The molecule has 1 amide bonds. The van der Waals surface area contributed by atoms with Gasteiger partial charge in [0.1, 0.15) is 5.84 Å². The van der Waals surface area contributed by atoms with E-state index in [9.17, 15) is 13.2 Å². The second-order valence-corrected chi connectivity index (χ2v) is 9.84. The molecule has 8 heteroatoms. The van der Waals surface area contributed by atoms with Crippen molar-refractivity contribution in [2.45, 2.75) is 29.5 Å². The highest BCUT2D eigenvalue weighted by atomic mass is 32.2. The molecule has 0 aliphatic rings. The van der Waals surface area contributed by atoms with E-state index in [1.165, 1.54) is 12.1 Å². The number of carbonyl (C=O) groups is 1. The van der Waals surface area contributed by atoms with Crippen LogP contribution >= 0.6 is 0 Å². The van der Waals surface area contributed by atoms with E-state index >= 15 is 0 Å². The topological polar surface area (TPSA) is 139 Å². The lowest BCUT2D eigenvalue weighted by atomic mass is 10.0. The summed E-state index contributed by atoms with van der Waals surface area (Å²) in [5.41, 5.74) is 14.6. The molecule has 3 rings (SSSR count). The monoisotopic (exact) mass is 450 g/mol. The fraction of sp³-hybridized carbons (Fsp3) is 0.167. The summed E-state index contributed by atoms with van der Waals surface area (Å²) in [6.07, 6.45) is 0.100. The molecule has 0 aliphatic carbocycles. The van der Waals surface area contributed by atoms with Gasteiger partial charge in [-0.05, 0) is 49.6 Å². The quantitative estimate of drug-likeness (QED) is 0.309. The summed E-state index contributed by atoms with van der Waals surface area (Å²) in [4.78, 5) is 11.0. The summed E-state index contributed by atoms with van der Waals surface area (Å²) in [6, 6.07) is 21.7. The first-order chi connectivity index (χ1) is 15.1. The highest BCUT2D eigenvalue weighted by Crippen LogP contribution is 2.28. The van der Waals surface area contributed by atoms with Crippen molar-refractivity contribution in [3.63, 3.8) is 0 Å². The van der Waals surface area contributed by atoms with Gasteiger partial charge in [-0.3, -0.25) is 10.2 Å². The molecule has 32 heavy (non-hydrogen) atoms. The van der Waals surface area contributed by atoms with Crippen LogP contribution in [-0.2, 0) is 21.1 Å². The van der Waals surface area contributed by atoms with Crippen LogP contribution in [-0.4, -0.2) is 25.0 Å². The van der Waals surface area contributed by atoms with E-state index in [0.717, 1.165) is 11.1 Å². The molecule has 0 aromatic heterocycles. The van der Waals surface area contributed by atoms with Crippen molar-refractivity contribution in [2.24, 2.45) is 11.5 Å². The van der Waals surface area contributed by atoms with Crippen molar-refractivity contribution in [1.29, 1.82) is 5.41 Å². The number of nitrogens with two attached hydrogens (primary N) is 2. The Bertz CT molecular complexity index is 1210. The van der Waals surface area contributed by atoms with Crippen LogP contribution < -0.4 is 16.8 Å². The van der Waals surface area contributed by atoms with Gasteiger partial charge in [-0.15, -0.1) is 0 Å². The minimum atomic E-state index is -4.22. The maximum absolute atomic E-state index is 13.5. The third kappa shape index (κ3) is 4.87. The Labute approximate surface area is 187 Å². The number of carbonyl (C=O) groups excluding carboxylic acids is 1. The molecule has 0 aliphatic heterocycles. The number of hydrogen-bond acceptors (Lipinski definition) is 5. The summed E-state index contributed by atoms with van der Waals surface area (Å²) >= 11 is 0. The Kier molecular flexibility index (Phi) is 6.76. The fourth-order valence-corrected chi connectivity index (χ4v) is 4.82. The molecule has 7 nitrogen and oxygen atoms in total. The summed E-state index contributed by atoms with van der Waals surface area (Å²) in [5, 5.41) is 10.1. The van der Waals surface area contributed by atoms with Crippen molar-refractivity contribution >= 4 is 27.3 Å². The third-order valence-corrected chi connectivity index (χ3v) is 7.52. The normalized spacial score (nSPS) is 13.2. The van der Waals surface area contributed by atoms with Crippen LogP contribution in [0, 0.1) is 12.3 Å². The summed E-state index contributed by atoms with van der Waals surface area (Å²) in [6.45, 7) is 1.85. The number of rotatable bonds is 8. The zero-order chi connectivity index (χ0) is 23.4. The van der Waals surface area contributed by atoms with Crippen LogP contribution in [0.3, 0.4) is 0 Å². The zero-order valence-electron chi connectivity index (χ0n) is 17.7. The maximum atomic E-state index is 13.5. The lowest BCUT2D eigenvalue weighted by Crippen LogP contribution is -2.57. The van der Waals surface area contributed by atoms with Crippen molar-refractivity contribution in [3.05, 3.63) is 95.6 Å². The summed E-state index contributed by atoms with van der Waals surface area (Å²) in [7, 11) is -4.22. The van der Waals surface area contributed by atoms with E-state index in [0.29, 0.717) is 11.3 Å². The first-order valence-electron chi connectivity index (χ1n) is 10.0. The molecule has 3 aromatic rings. The lowest BCUT2D eigenvalue weighted by Gasteiger charge is -2.28. The average Bonchev–Trinajstić information content (AvgIpc) is 2.78. The number of nitrogen functional groups attached to an aromatic ring is 1. The molecule has 0 saturated heterocycles. The standard InChI is InChI=1S/C24H26N4O3S/c1-17-7-13-21(14-8-17)32(30,31)24(27,23(29)28-20-5-3-2-4-6-20)16-15-18-9-11-19(12-10-18)22(25)26/h2-14H,15-16,27H2,1H3,(H3,25,26)(H,28,29). The molecule has 0 bridgehead atoms. The highest BCUT2D eigenvalue weighted by molar-refractivity contribution is 7.93. The molecular formula is C24H26N4O3S. The van der Waals surface area contributed by atoms with Gasteiger partial charge in [-0.25, -0.2) is 8.42 Å². The fourth-order valence-electron chi connectivity index (χ4n) is 3.24. The third-order valence-electron chi connectivity index (χ3n) is 5.28. The van der Waals surface area contributed by atoms with E-state index in [-0.39, 0.29) is 23.6 Å². The molecule has 0 fully saturated rings. The Hall–Kier alpha value is -3.49.